The zero-order chi connectivity index (χ0) is 16.4. The molecule has 0 spiro atoms. The van der Waals surface area contributed by atoms with E-state index in [1.807, 2.05) is 18.2 Å². The number of carbonyl (C=O) groups is 1. The van der Waals surface area contributed by atoms with Gasteiger partial charge in [0.2, 0.25) is 0 Å². The third-order valence-electron chi connectivity index (χ3n) is 4.44. The minimum absolute atomic E-state index is 0.0944. The van der Waals surface area contributed by atoms with Crippen molar-refractivity contribution < 1.29 is 9.18 Å². The van der Waals surface area contributed by atoms with Crippen LogP contribution >= 0.6 is 15.9 Å². The van der Waals surface area contributed by atoms with Gasteiger partial charge in [0.1, 0.15) is 5.82 Å². The lowest BCUT2D eigenvalue weighted by Crippen LogP contribution is -2.30. The van der Waals surface area contributed by atoms with Gasteiger partial charge >= 0.3 is 0 Å². The highest BCUT2D eigenvalue weighted by Gasteiger charge is 2.36. The van der Waals surface area contributed by atoms with Gasteiger partial charge in [0, 0.05) is 23.5 Å². The Morgan fingerprint density at radius 3 is 2.57 bits per heavy atom. The van der Waals surface area contributed by atoms with Gasteiger partial charge in [0.15, 0.2) is 0 Å². The van der Waals surface area contributed by atoms with Gasteiger partial charge in [-0.15, -0.1) is 0 Å². The maximum Gasteiger partial charge on any atom is 0.258 e. The molecule has 1 saturated heterocycles. The van der Waals surface area contributed by atoms with Crippen LogP contribution in [0.2, 0.25) is 0 Å². The van der Waals surface area contributed by atoms with Crippen molar-refractivity contribution in [1.29, 1.82) is 0 Å². The Morgan fingerprint density at radius 1 is 1.17 bits per heavy atom. The van der Waals surface area contributed by atoms with E-state index in [2.05, 4.69) is 28.1 Å². The summed E-state index contributed by atoms with van der Waals surface area (Å²) in [6.07, 6.45) is 0. The molecule has 2 N–H and O–H groups in total. The van der Waals surface area contributed by atoms with E-state index in [-0.39, 0.29) is 23.3 Å². The number of benzene rings is 2. The van der Waals surface area contributed by atoms with E-state index in [4.69, 9.17) is 5.73 Å². The summed E-state index contributed by atoms with van der Waals surface area (Å²) in [6.45, 7) is 1.61. The number of hydrogen-bond donors (Lipinski definition) is 1. The number of nitrogens with two attached hydrogens (primary N) is 1. The minimum Gasteiger partial charge on any atom is -0.338 e. The Hall–Kier alpha value is -1.72. The molecule has 1 amide bonds. The highest BCUT2D eigenvalue weighted by atomic mass is 79.9. The van der Waals surface area contributed by atoms with Crippen molar-refractivity contribution in [2.75, 3.05) is 19.6 Å². The molecule has 3 nitrogen and oxygen atoms in total. The van der Waals surface area contributed by atoms with Crippen LogP contribution in [0.1, 0.15) is 21.8 Å². The van der Waals surface area contributed by atoms with Crippen molar-refractivity contribution in [2.24, 2.45) is 11.7 Å². The Bertz CT molecular complexity index is 687. The summed E-state index contributed by atoms with van der Waals surface area (Å²) in [4.78, 5) is 14.4. The number of amides is 1. The largest absolute Gasteiger partial charge is 0.338 e. The highest BCUT2D eigenvalue weighted by molar-refractivity contribution is 9.10. The molecule has 120 valence electrons. The van der Waals surface area contributed by atoms with Crippen LogP contribution in [0.5, 0.6) is 0 Å². The summed E-state index contributed by atoms with van der Waals surface area (Å²) in [7, 11) is 0. The van der Waals surface area contributed by atoms with Gasteiger partial charge in [0.05, 0.1) is 5.56 Å². The third kappa shape index (κ3) is 3.16. The van der Waals surface area contributed by atoms with E-state index >= 15 is 0 Å². The second kappa shape index (κ2) is 6.81. The maximum absolute atomic E-state index is 14.1. The molecule has 0 saturated carbocycles. The third-order valence-corrected chi connectivity index (χ3v) is 5.10. The fraction of sp³-hybridized carbons (Fsp3) is 0.278. The lowest BCUT2D eigenvalue weighted by atomic mass is 9.89. The van der Waals surface area contributed by atoms with Crippen LogP contribution in [0, 0.1) is 11.7 Å². The second-order valence-corrected chi connectivity index (χ2v) is 6.67. The number of carbonyl (C=O) groups excluding carboxylic acids is 1. The Kier molecular flexibility index (Phi) is 4.78. The number of hydrogen-bond acceptors (Lipinski definition) is 2. The van der Waals surface area contributed by atoms with Crippen LogP contribution in [0.4, 0.5) is 4.39 Å². The molecule has 1 aliphatic heterocycles. The molecule has 0 bridgehead atoms. The molecule has 23 heavy (non-hydrogen) atoms. The molecule has 0 unspecified atom stereocenters. The van der Waals surface area contributed by atoms with Crippen LogP contribution in [0.3, 0.4) is 0 Å². The van der Waals surface area contributed by atoms with Crippen LogP contribution in [0.25, 0.3) is 0 Å². The first-order valence-corrected chi connectivity index (χ1v) is 8.39. The lowest BCUT2D eigenvalue weighted by Gasteiger charge is -2.18. The molecule has 3 rings (SSSR count). The molecule has 0 aliphatic carbocycles. The Morgan fingerprint density at radius 2 is 1.91 bits per heavy atom. The summed E-state index contributed by atoms with van der Waals surface area (Å²) < 4.78 is 14.5. The Labute approximate surface area is 143 Å². The summed E-state index contributed by atoms with van der Waals surface area (Å²) in [5.74, 6) is -0.411. The van der Waals surface area contributed by atoms with Crippen LogP contribution in [-0.4, -0.2) is 30.4 Å². The predicted octanol–water partition coefficient (Wildman–Crippen LogP) is 3.40. The first kappa shape index (κ1) is 16.1. The monoisotopic (exact) mass is 376 g/mol. The van der Waals surface area contributed by atoms with Gasteiger partial charge < -0.3 is 10.6 Å². The van der Waals surface area contributed by atoms with Crippen molar-refractivity contribution in [3.05, 3.63) is 69.9 Å². The molecule has 0 aromatic heterocycles. The van der Waals surface area contributed by atoms with Crippen molar-refractivity contribution in [3.8, 4) is 0 Å². The van der Waals surface area contributed by atoms with Gasteiger partial charge in [-0.2, -0.15) is 0 Å². The van der Waals surface area contributed by atoms with E-state index in [9.17, 15) is 9.18 Å². The molecule has 1 fully saturated rings. The van der Waals surface area contributed by atoms with E-state index in [0.29, 0.717) is 24.1 Å². The molecule has 2 aromatic rings. The second-order valence-electron chi connectivity index (χ2n) is 5.82. The number of likely N-dealkylation sites (tertiary alicyclic amines) is 1. The lowest BCUT2D eigenvalue weighted by molar-refractivity contribution is 0.0781. The van der Waals surface area contributed by atoms with Gasteiger partial charge in [-0.3, -0.25) is 4.79 Å². The quantitative estimate of drug-likeness (QED) is 0.891. The zero-order valence-corrected chi connectivity index (χ0v) is 14.2. The van der Waals surface area contributed by atoms with Crippen LogP contribution in [0.15, 0.2) is 53.0 Å². The standard InChI is InChI=1S/C18H18BrFN2O/c19-15-7-4-8-16(20)17(15)18(23)22-10-13(9-21)14(11-22)12-5-2-1-3-6-12/h1-8,13-14H,9-11,21H2/t13-,14+/m1/s1. The van der Waals surface area contributed by atoms with E-state index < -0.39 is 5.82 Å². The van der Waals surface area contributed by atoms with Crippen molar-refractivity contribution >= 4 is 21.8 Å². The summed E-state index contributed by atoms with van der Waals surface area (Å²) in [5.41, 5.74) is 7.17. The molecular weight excluding hydrogens is 359 g/mol. The van der Waals surface area contributed by atoms with Crippen LogP contribution < -0.4 is 5.73 Å². The zero-order valence-electron chi connectivity index (χ0n) is 12.6. The van der Waals surface area contributed by atoms with Gasteiger partial charge in [-0.25, -0.2) is 4.39 Å². The summed E-state index contributed by atoms with van der Waals surface area (Å²) >= 11 is 3.27. The smallest absolute Gasteiger partial charge is 0.258 e. The molecule has 2 aromatic carbocycles. The normalized spacial score (nSPS) is 20.7. The summed E-state index contributed by atoms with van der Waals surface area (Å²) in [6, 6.07) is 14.6. The first-order chi connectivity index (χ1) is 11.1. The van der Waals surface area contributed by atoms with Gasteiger partial charge in [-0.1, -0.05) is 36.4 Å². The SMILES string of the molecule is NC[C@@H]1CN(C(=O)c2c(F)cccc2Br)C[C@H]1c1ccccc1. The van der Waals surface area contributed by atoms with E-state index in [1.54, 1.807) is 17.0 Å². The molecule has 0 radical (unpaired) electrons. The average Bonchev–Trinajstić information content (AvgIpc) is 3.00. The van der Waals surface area contributed by atoms with Gasteiger partial charge in [-0.05, 0) is 46.1 Å². The van der Waals surface area contributed by atoms with Crippen LogP contribution in [-0.2, 0) is 0 Å². The fourth-order valence-electron chi connectivity index (χ4n) is 3.21. The molecular formula is C18H18BrFN2O. The molecule has 2 atom stereocenters. The van der Waals surface area contributed by atoms with Gasteiger partial charge in [0.25, 0.3) is 5.91 Å². The predicted molar refractivity (Wildman–Crippen MR) is 91.7 cm³/mol. The molecule has 5 heteroatoms. The van der Waals surface area contributed by atoms with Crippen molar-refractivity contribution in [2.45, 2.75) is 5.92 Å². The summed E-state index contributed by atoms with van der Waals surface area (Å²) in [5, 5.41) is 0. The molecule has 1 aliphatic rings. The number of rotatable bonds is 3. The number of nitrogens with zero attached hydrogens (tertiary/aromatic N) is 1. The van der Waals surface area contributed by atoms with Crippen molar-refractivity contribution in [1.82, 2.24) is 4.90 Å². The fourth-order valence-corrected chi connectivity index (χ4v) is 3.73. The Balaban J connectivity index is 1.86. The van der Waals surface area contributed by atoms with Crippen molar-refractivity contribution in [3.63, 3.8) is 0 Å². The number of halogens is 2. The maximum atomic E-state index is 14.1. The minimum atomic E-state index is -0.503. The highest BCUT2D eigenvalue weighted by Crippen LogP contribution is 2.34. The van der Waals surface area contributed by atoms with E-state index in [0.717, 1.165) is 0 Å². The topological polar surface area (TPSA) is 46.3 Å². The van der Waals surface area contributed by atoms with E-state index in [1.165, 1.54) is 11.6 Å². The molecule has 1 heterocycles. The first-order valence-electron chi connectivity index (χ1n) is 7.60. The average molecular weight is 377 g/mol.